The molecule has 0 fully saturated rings. The van der Waals surface area contributed by atoms with Gasteiger partial charge < -0.3 is 14.8 Å². The summed E-state index contributed by atoms with van der Waals surface area (Å²) in [5.41, 5.74) is 0.264. The van der Waals surface area contributed by atoms with Gasteiger partial charge in [0.1, 0.15) is 11.8 Å². The van der Waals surface area contributed by atoms with Gasteiger partial charge in [0.05, 0.1) is 30.2 Å². The zero-order valence-corrected chi connectivity index (χ0v) is 11.8. The highest BCUT2D eigenvalue weighted by molar-refractivity contribution is 5.93. The molecule has 0 bridgehead atoms. The topological polar surface area (TPSA) is 80.3 Å². The molecule has 0 radical (unpaired) electrons. The molecule has 108 valence electrons. The second-order valence-electron chi connectivity index (χ2n) is 5.57. The predicted molar refractivity (Wildman–Crippen MR) is 73.2 cm³/mol. The van der Waals surface area contributed by atoms with E-state index in [-0.39, 0.29) is 18.1 Å². The molecule has 1 unspecified atom stereocenters. The summed E-state index contributed by atoms with van der Waals surface area (Å²) in [4.78, 5) is 12.1. The van der Waals surface area contributed by atoms with Crippen LogP contribution in [0.4, 0.5) is 0 Å². The molecule has 2 aromatic rings. The Kier molecular flexibility index (Phi) is 3.94. The van der Waals surface area contributed by atoms with Gasteiger partial charge in [-0.1, -0.05) is 0 Å². The van der Waals surface area contributed by atoms with Crippen molar-refractivity contribution in [3.05, 3.63) is 42.1 Å². The fraction of sp³-hybridized carbons (Fsp3) is 0.429. The Balaban J connectivity index is 2.10. The molecule has 0 aliphatic rings. The first-order valence-electron chi connectivity index (χ1n) is 6.42. The highest BCUT2D eigenvalue weighted by Crippen LogP contribution is 2.16. The number of hydrogen-bond acceptors (Lipinski definition) is 4. The first-order chi connectivity index (χ1) is 9.41. The lowest BCUT2D eigenvalue weighted by Crippen LogP contribution is -2.30. The first kappa shape index (κ1) is 14.3. The van der Waals surface area contributed by atoms with Crippen molar-refractivity contribution < 1.29 is 14.3 Å². The average Bonchev–Trinajstić information content (AvgIpc) is 3.04. The van der Waals surface area contributed by atoms with Crippen molar-refractivity contribution >= 4 is 5.91 Å². The predicted octanol–water partition coefficient (Wildman–Crippen LogP) is 1.69. The van der Waals surface area contributed by atoms with Gasteiger partial charge in [-0.25, -0.2) is 0 Å². The number of amides is 1. The summed E-state index contributed by atoms with van der Waals surface area (Å²) in [6.07, 6.45) is 4.70. The number of aliphatic hydroxyl groups is 1. The number of rotatable bonds is 4. The van der Waals surface area contributed by atoms with E-state index in [0.717, 1.165) is 0 Å². The minimum Gasteiger partial charge on any atom is -0.467 e. The smallest absolute Gasteiger partial charge is 0.255 e. The van der Waals surface area contributed by atoms with Crippen LogP contribution in [0.3, 0.4) is 0 Å². The molecule has 0 aliphatic carbocycles. The molecule has 0 aromatic carbocycles. The molecule has 6 heteroatoms. The SMILES string of the molecule is CC(C)(C)n1cc(C(=O)NC(CO)c2ccco2)cn1. The monoisotopic (exact) mass is 277 g/mol. The summed E-state index contributed by atoms with van der Waals surface area (Å²) >= 11 is 0. The van der Waals surface area contributed by atoms with Crippen LogP contribution < -0.4 is 5.32 Å². The van der Waals surface area contributed by atoms with Gasteiger partial charge in [0.2, 0.25) is 0 Å². The third kappa shape index (κ3) is 3.08. The number of carbonyl (C=O) groups excluding carboxylic acids is 1. The van der Waals surface area contributed by atoms with Gasteiger partial charge in [-0.2, -0.15) is 5.10 Å². The van der Waals surface area contributed by atoms with Crippen LogP contribution in [0.5, 0.6) is 0 Å². The molecule has 0 saturated heterocycles. The van der Waals surface area contributed by atoms with E-state index in [2.05, 4.69) is 10.4 Å². The summed E-state index contributed by atoms with van der Waals surface area (Å²) in [5.74, 6) is 0.222. The van der Waals surface area contributed by atoms with Gasteiger partial charge in [0.15, 0.2) is 0 Å². The summed E-state index contributed by atoms with van der Waals surface area (Å²) in [5, 5.41) is 16.2. The van der Waals surface area contributed by atoms with Crippen molar-refractivity contribution in [1.29, 1.82) is 0 Å². The third-order valence-electron chi connectivity index (χ3n) is 2.91. The van der Waals surface area contributed by atoms with Gasteiger partial charge in [0.25, 0.3) is 5.91 Å². The van der Waals surface area contributed by atoms with Crippen molar-refractivity contribution in [3.8, 4) is 0 Å². The minimum atomic E-state index is -0.560. The van der Waals surface area contributed by atoms with E-state index < -0.39 is 6.04 Å². The Labute approximate surface area is 117 Å². The molecule has 2 aromatic heterocycles. The van der Waals surface area contributed by atoms with Crippen LogP contribution in [0.2, 0.25) is 0 Å². The van der Waals surface area contributed by atoms with Gasteiger partial charge in [0, 0.05) is 6.20 Å². The normalized spacial score (nSPS) is 13.2. The Hall–Kier alpha value is -2.08. The second kappa shape index (κ2) is 5.50. The van der Waals surface area contributed by atoms with Crippen molar-refractivity contribution in [2.24, 2.45) is 0 Å². The van der Waals surface area contributed by atoms with E-state index >= 15 is 0 Å². The van der Waals surface area contributed by atoms with E-state index in [1.807, 2.05) is 20.8 Å². The lowest BCUT2D eigenvalue weighted by atomic mass is 10.1. The van der Waals surface area contributed by atoms with Crippen LogP contribution in [0.25, 0.3) is 0 Å². The first-order valence-corrected chi connectivity index (χ1v) is 6.42. The summed E-state index contributed by atoms with van der Waals surface area (Å²) in [6.45, 7) is 5.77. The fourth-order valence-corrected chi connectivity index (χ4v) is 1.74. The average molecular weight is 277 g/mol. The van der Waals surface area contributed by atoms with Crippen LogP contribution in [-0.4, -0.2) is 27.4 Å². The fourth-order valence-electron chi connectivity index (χ4n) is 1.74. The molecule has 0 spiro atoms. The molecule has 1 amide bonds. The Morgan fingerprint density at radius 1 is 1.55 bits per heavy atom. The lowest BCUT2D eigenvalue weighted by molar-refractivity contribution is 0.0907. The highest BCUT2D eigenvalue weighted by Gasteiger charge is 2.20. The minimum absolute atomic E-state index is 0.185. The maximum Gasteiger partial charge on any atom is 0.255 e. The van der Waals surface area contributed by atoms with Crippen LogP contribution in [0.1, 0.15) is 42.9 Å². The van der Waals surface area contributed by atoms with E-state index in [4.69, 9.17) is 4.42 Å². The van der Waals surface area contributed by atoms with Crippen LogP contribution in [-0.2, 0) is 5.54 Å². The molecule has 0 aliphatic heterocycles. The number of nitrogens with zero attached hydrogens (tertiary/aromatic N) is 2. The molecule has 1 atom stereocenters. The quantitative estimate of drug-likeness (QED) is 0.891. The third-order valence-corrected chi connectivity index (χ3v) is 2.91. The zero-order chi connectivity index (χ0) is 14.8. The van der Waals surface area contributed by atoms with Gasteiger partial charge in [-0.3, -0.25) is 9.48 Å². The standard InChI is InChI=1S/C14H19N3O3/c1-14(2,3)17-8-10(7-15-17)13(19)16-11(9-18)12-5-4-6-20-12/h4-8,11,18H,9H2,1-3H3,(H,16,19). The number of aliphatic hydroxyl groups excluding tert-OH is 1. The molecule has 2 heterocycles. The van der Waals surface area contributed by atoms with E-state index in [1.165, 1.54) is 12.5 Å². The maximum atomic E-state index is 12.1. The largest absolute Gasteiger partial charge is 0.467 e. The van der Waals surface area contributed by atoms with Crippen LogP contribution >= 0.6 is 0 Å². The van der Waals surface area contributed by atoms with Gasteiger partial charge in [-0.05, 0) is 32.9 Å². The molecular formula is C14H19N3O3. The Morgan fingerprint density at radius 2 is 2.30 bits per heavy atom. The highest BCUT2D eigenvalue weighted by atomic mass is 16.3. The number of carbonyl (C=O) groups is 1. The van der Waals surface area contributed by atoms with E-state index in [1.54, 1.807) is 23.0 Å². The molecule has 0 saturated carbocycles. The molecule has 2 N–H and O–H groups in total. The number of nitrogens with one attached hydrogen (secondary N) is 1. The summed E-state index contributed by atoms with van der Waals surface area (Å²) in [7, 11) is 0. The van der Waals surface area contributed by atoms with Crippen molar-refractivity contribution in [2.75, 3.05) is 6.61 Å². The van der Waals surface area contributed by atoms with Gasteiger partial charge >= 0.3 is 0 Å². The Morgan fingerprint density at radius 3 is 2.80 bits per heavy atom. The van der Waals surface area contributed by atoms with Crippen molar-refractivity contribution in [1.82, 2.24) is 15.1 Å². The van der Waals surface area contributed by atoms with Crippen LogP contribution in [0.15, 0.2) is 35.2 Å². The summed E-state index contributed by atoms with van der Waals surface area (Å²) < 4.78 is 6.91. The van der Waals surface area contributed by atoms with Crippen LogP contribution in [0, 0.1) is 0 Å². The molecular weight excluding hydrogens is 258 g/mol. The number of furan rings is 1. The Bertz CT molecular complexity index is 567. The molecule has 6 nitrogen and oxygen atoms in total. The van der Waals surface area contributed by atoms with E-state index in [0.29, 0.717) is 11.3 Å². The van der Waals surface area contributed by atoms with Crippen molar-refractivity contribution in [3.63, 3.8) is 0 Å². The maximum absolute atomic E-state index is 12.1. The zero-order valence-electron chi connectivity index (χ0n) is 11.8. The number of aromatic nitrogens is 2. The van der Waals surface area contributed by atoms with E-state index in [9.17, 15) is 9.90 Å². The van der Waals surface area contributed by atoms with Crippen molar-refractivity contribution in [2.45, 2.75) is 32.4 Å². The van der Waals surface area contributed by atoms with Gasteiger partial charge in [-0.15, -0.1) is 0 Å². The second-order valence-corrected chi connectivity index (χ2v) is 5.57. The molecule has 20 heavy (non-hydrogen) atoms. The summed E-state index contributed by atoms with van der Waals surface area (Å²) in [6, 6.07) is 2.86. The number of hydrogen-bond donors (Lipinski definition) is 2. The lowest BCUT2D eigenvalue weighted by Gasteiger charge is -2.18. The molecule has 2 rings (SSSR count).